The molecule has 5 heteroatoms. The van der Waals surface area contributed by atoms with E-state index in [2.05, 4.69) is 5.32 Å². The van der Waals surface area contributed by atoms with Crippen LogP contribution in [0.1, 0.15) is 18.9 Å². The summed E-state index contributed by atoms with van der Waals surface area (Å²) in [6, 6.07) is 8.68. The smallest absolute Gasteiger partial charge is 0.323 e. The van der Waals surface area contributed by atoms with Gasteiger partial charge < -0.3 is 9.84 Å². The van der Waals surface area contributed by atoms with Gasteiger partial charge in [-0.15, -0.1) is 0 Å². The van der Waals surface area contributed by atoms with E-state index in [4.69, 9.17) is 4.74 Å². The number of carboxylic acids is 1. The Kier molecular flexibility index (Phi) is 5.11. The molecule has 1 aromatic carbocycles. The summed E-state index contributed by atoms with van der Waals surface area (Å²) < 4.78 is 4.95. The Morgan fingerprint density at radius 3 is 2.71 bits per heavy atom. The van der Waals surface area contributed by atoms with Gasteiger partial charge in [0.15, 0.2) is 0 Å². The van der Waals surface area contributed by atoms with Gasteiger partial charge in [-0.1, -0.05) is 42.5 Å². The zero-order valence-corrected chi connectivity index (χ0v) is 11.9. The molecule has 1 heterocycles. The zero-order valence-electron chi connectivity index (χ0n) is 11.9. The molecule has 0 aliphatic carbocycles. The molecule has 2 rings (SSSR count). The van der Waals surface area contributed by atoms with Gasteiger partial charge in [0.05, 0.1) is 12.5 Å². The van der Waals surface area contributed by atoms with Crippen LogP contribution in [0.3, 0.4) is 0 Å². The number of benzene rings is 1. The molecular formula is C16H19NO4. The summed E-state index contributed by atoms with van der Waals surface area (Å²) in [5, 5.41) is 12.3. The second kappa shape index (κ2) is 7.04. The van der Waals surface area contributed by atoms with Crippen molar-refractivity contribution < 1.29 is 19.4 Å². The molecular weight excluding hydrogens is 270 g/mol. The standard InChI is InChI=1S/C16H19NO4/c1-2-21-16(20)14-10-12(15(18)19)13(17-14)9-8-11-6-4-3-5-7-11/h3-9,12-14,17H,2,10H2,1H3,(H,18,19)/b9-8+/t12-,13-,14-/m1/s1. The summed E-state index contributed by atoms with van der Waals surface area (Å²) in [5.74, 6) is -1.92. The minimum atomic E-state index is -0.906. The van der Waals surface area contributed by atoms with Crippen LogP contribution in [-0.2, 0) is 14.3 Å². The van der Waals surface area contributed by atoms with Crippen LogP contribution in [0.5, 0.6) is 0 Å². The van der Waals surface area contributed by atoms with E-state index < -0.39 is 17.9 Å². The second-order valence-electron chi connectivity index (χ2n) is 4.95. The normalized spacial score (nSPS) is 25.1. The highest BCUT2D eigenvalue weighted by molar-refractivity contribution is 5.80. The minimum Gasteiger partial charge on any atom is -0.481 e. The molecule has 112 valence electrons. The number of ether oxygens (including phenoxy) is 1. The molecule has 3 atom stereocenters. The van der Waals surface area contributed by atoms with Crippen molar-refractivity contribution in [2.45, 2.75) is 25.4 Å². The van der Waals surface area contributed by atoms with Crippen molar-refractivity contribution in [2.24, 2.45) is 5.92 Å². The van der Waals surface area contributed by atoms with Crippen LogP contribution in [-0.4, -0.2) is 35.7 Å². The second-order valence-corrected chi connectivity index (χ2v) is 4.95. The molecule has 0 saturated carbocycles. The molecule has 0 unspecified atom stereocenters. The Bertz CT molecular complexity index is 526. The van der Waals surface area contributed by atoms with E-state index in [1.807, 2.05) is 36.4 Å². The predicted molar refractivity (Wildman–Crippen MR) is 78.6 cm³/mol. The molecule has 0 spiro atoms. The van der Waals surface area contributed by atoms with Crippen molar-refractivity contribution in [3.05, 3.63) is 42.0 Å². The van der Waals surface area contributed by atoms with Gasteiger partial charge in [0.25, 0.3) is 0 Å². The first kappa shape index (κ1) is 15.3. The maximum atomic E-state index is 11.7. The minimum absolute atomic E-state index is 0.248. The fourth-order valence-corrected chi connectivity index (χ4v) is 2.45. The molecule has 0 aromatic heterocycles. The summed E-state index contributed by atoms with van der Waals surface area (Å²) in [7, 11) is 0. The van der Waals surface area contributed by atoms with Gasteiger partial charge in [-0.2, -0.15) is 0 Å². The molecule has 0 amide bonds. The van der Waals surface area contributed by atoms with E-state index >= 15 is 0 Å². The molecule has 2 N–H and O–H groups in total. The first-order chi connectivity index (χ1) is 10.1. The van der Waals surface area contributed by atoms with Gasteiger partial charge >= 0.3 is 11.9 Å². The van der Waals surface area contributed by atoms with E-state index in [1.54, 1.807) is 13.0 Å². The quantitative estimate of drug-likeness (QED) is 0.807. The van der Waals surface area contributed by atoms with Crippen molar-refractivity contribution in [1.29, 1.82) is 0 Å². The highest BCUT2D eigenvalue weighted by Crippen LogP contribution is 2.23. The van der Waals surface area contributed by atoms with Gasteiger partial charge in [0.2, 0.25) is 0 Å². The van der Waals surface area contributed by atoms with Crippen molar-refractivity contribution in [1.82, 2.24) is 5.32 Å². The molecule has 1 aliphatic rings. The lowest BCUT2D eigenvalue weighted by Gasteiger charge is -2.11. The Hall–Kier alpha value is -2.14. The van der Waals surface area contributed by atoms with Crippen LogP contribution in [0.15, 0.2) is 36.4 Å². The molecule has 1 fully saturated rings. The van der Waals surface area contributed by atoms with Crippen molar-refractivity contribution in [2.75, 3.05) is 6.61 Å². The predicted octanol–water partition coefficient (Wildman–Crippen LogP) is 1.69. The van der Waals surface area contributed by atoms with E-state index in [-0.39, 0.29) is 18.4 Å². The van der Waals surface area contributed by atoms with Gasteiger partial charge in [0.1, 0.15) is 6.04 Å². The van der Waals surface area contributed by atoms with Gasteiger partial charge in [-0.3, -0.25) is 14.9 Å². The Morgan fingerprint density at radius 1 is 1.38 bits per heavy atom. The lowest BCUT2D eigenvalue weighted by molar-refractivity contribution is -0.145. The van der Waals surface area contributed by atoms with E-state index in [9.17, 15) is 14.7 Å². The fraction of sp³-hybridized carbons (Fsp3) is 0.375. The van der Waals surface area contributed by atoms with Crippen LogP contribution in [0, 0.1) is 5.92 Å². The number of carbonyl (C=O) groups is 2. The van der Waals surface area contributed by atoms with Gasteiger partial charge in [-0.25, -0.2) is 0 Å². The summed E-state index contributed by atoms with van der Waals surface area (Å²) in [6.45, 7) is 2.02. The molecule has 1 aliphatic heterocycles. The average molecular weight is 289 g/mol. The third-order valence-corrected chi connectivity index (χ3v) is 3.50. The van der Waals surface area contributed by atoms with Crippen LogP contribution >= 0.6 is 0 Å². The lowest BCUT2D eigenvalue weighted by atomic mass is 9.98. The zero-order chi connectivity index (χ0) is 15.2. The number of nitrogens with one attached hydrogen (secondary N) is 1. The number of carbonyl (C=O) groups excluding carboxylic acids is 1. The largest absolute Gasteiger partial charge is 0.481 e. The van der Waals surface area contributed by atoms with Gasteiger partial charge in [0, 0.05) is 6.04 Å². The van der Waals surface area contributed by atoms with Crippen LogP contribution in [0.2, 0.25) is 0 Å². The summed E-state index contributed by atoms with van der Waals surface area (Å²) in [5.41, 5.74) is 0.989. The van der Waals surface area contributed by atoms with Crippen molar-refractivity contribution >= 4 is 18.0 Å². The van der Waals surface area contributed by atoms with Crippen molar-refractivity contribution in [3.8, 4) is 0 Å². The Labute approximate surface area is 123 Å². The monoisotopic (exact) mass is 289 g/mol. The molecule has 21 heavy (non-hydrogen) atoms. The maximum Gasteiger partial charge on any atom is 0.323 e. The first-order valence-electron chi connectivity index (χ1n) is 7.00. The Balaban J connectivity index is 2.08. The average Bonchev–Trinajstić information content (AvgIpc) is 2.91. The van der Waals surface area contributed by atoms with E-state index in [0.717, 1.165) is 5.56 Å². The third kappa shape index (κ3) is 3.92. The van der Waals surface area contributed by atoms with Crippen LogP contribution in [0.25, 0.3) is 6.08 Å². The molecule has 0 bridgehead atoms. The highest BCUT2D eigenvalue weighted by atomic mass is 16.5. The summed E-state index contributed by atoms with van der Waals surface area (Å²) in [6.07, 6.45) is 3.91. The molecule has 1 aromatic rings. The first-order valence-corrected chi connectivity index (χ1v) is 7.00. The summed E-state index contributed by atoms with van der Waals surface area (Å²) in [4.78, 5) is 23.1. The highest BCUT2D eigenvalue weighted by Gasteiger charge is 2.40. The van der Waals surface area contributed by atoms with E-state index in [0.29, 0.717) is 6.61 Å². The summed E-state index contributed by atoms with van der Waals surface area (Å²) >= 11 is 0. The number of aliphatic carboxylic acids is 1. The fourth-order valence-electron chi connectivity index (χ4n) is 2.45. The molecule has 5 nitrogen and oxygen atoms in total. The third-order valence-electron chi connectivity index (χ3n) is 3.50. The van der Waals surface area contributed by atoms with Gasteiger partial charge in [-0.05, 0) is 18.9 Å². The van der Waals surface area contributed by atoms with Crippen molar-refractivity contribution in [3.63, 3.8) is 0 Å². The van der Waals surface area contributed by atoms with Crippen LogP contribution in [0.4, 0.5) is 0 Å². The number of hydrogen-bond donors (Lipinski definition) is 2. The maximum absolute atomic E-state index is 11.7. The molecule has 1 saturated heterocycles. The van der Waals surface area contributed by atoms with E-state index in [1.165, 1.54) is 0 Å². The Morgan fingerprint density at radius 2 is 2.10 bits per heavy atom. The number of rotatable bonds is 5. The topological polar surface area (TPSA) is 75.6 Å². The number of carboxylic acid groups (broad SMARTS) is 1. The lowest BCUT2D eigenvalue weighted by Crippen LogP contribution is -2.37. The number of esters is 1. The van der Waals surface area contributed by atoms with Crippen LogP contribution < -0.4 is 5.32 Å². The molecule has 0 radical (unpaired) electrons. The SMILES string of the molecule is CCOC(=O)[C@H]1C[C@@H](C(=O)O)[C@@H](/C=C/c2ccccc2)N1. The number of hydrogen-bond acceptors (Lipinski definition) is 4.